The molecule has 116 valence electrons. The van der Waals surface area contributed by atoms with Crippen molar-refractivity contribution in [1.82, 2.24) is 4.90 Å². The van der Waals surface area contributed by atoms with Gasteiger partial charge < -0.3 is 9.64 Å². The monoisotopic (exact) mass is 317 g/mol. The van der Waals surface area contributed by atoms with Crippen molar-refractivity contribution in [3.63, 3.8) is 0 Å². The van der Waals surface area contributed by atoms with Gasteiger partial charge in [0.1, 0.15) is 5.75 Å². The van der Waals surface area contributed by atoms with Gasteiger partial charge in [0.15, 0.2) is 6.10 Å². The van der Waals surface area contributed by atoms with Gasteiger partial charge in [-0.3, -0.25) is 4.79 Å². The van der Waals surface area contributed by atoms with Gasteiger partial charge in [0.05, 0.1) is 0 Å². The summed E-state index contributed by atoms with van der Waals surface area (Å²) in [6, 6.07) is 15.1. The van der Waals surface area contributed by atoms with Gasteiger partial charge in [0.2, 0.25) is 0 Å². The highest BCUT2D eigenvalue weighted by molar-refractivity contribution is 6.30. The highest BCUT2D eigenvalue weighted by Gasteiger charge is 2.19. The lowest BCUT2D eigenvalue weighted by Gasteiger charge is -2.22. The molecule has 0 saturated heterocycles. The maximum Gasteiger partial charge on any atom is 0.263 e. The fraction of sp³-hybridized carbons (Fsp3) is 0.278. The minimum atomic E-state index is -0.528. The van der Waals surface area contributed by atoms with E-state index in [4.69, 9.17) is 16.3 Å². The van der Waals surface area contributed by atoms with E-state index in [9.17, 15) is 4.79 Å². The molecule has 4 heteroatoms. The van der Waals surface area contributed by atoms with Crippen LogP contribution in [0.15, 0.2) is 48.5 Å². The van der Waals surface area contributed by atoms with Crippen LogP contribution in [0.5, 0.6) is 5.75 Å². The lowest BCUT2D eigenvalue weighted by Crippen LogP contribution is -2.37. The molecule has 0 bridgehead atoms. The number of halogens is 1. The van der Waals surface area contributed by atoms with Crippen LogP contribution in [0.2, 0.25) is 5.02 Å². The van der Waals surface area contributed by atoms with Crippen LogP contribution in [0.3, 0.4) is 0 Å². The fourth-order valence-electron chi connectivity index (χ4n) is 2.12. The Labute approximate surface area is 136 Å². The zero-order valence-corrected chi connectivity index (χ0v) is 13.8. The maximum absolute atomic E-state index is 12.4. The molecule has 0 spiro atoms. The van der Waals surface area contributed by atoms with Crippen LogP contribution in [0.25, 0.3) is 0 Å². The van der Waals surface area contributed by atoms with Crippen molar-refractivity contribution >= 4 is 17.5 Å². The van der Waals surface area contributed by atoms with Crippen LogP contribution >= 0.6 is 11.6 Å². The average molecular weight is 318 g/mol. The van der Waals surface area contributed by atoms with E-state index in [-0.39, 0.29) is 5.91 Å². The summed E-state index contributed by atoms with van der Waals surface area (Å²) in [4.78, 5) is 14.0. The molecule has 1 unspecified atom stereocenters. The number of hydrogen-bond acceptors (Lipinski definition) is 2. The van der Waals surface area contributed by atoms with Crippen LogP contribution in [-0.2, 0) is 11.3 Å². The van der Waals surface area contributed by atoms with Crippen LogP contribution < -0.4 is 4.74 Å². The predicted octanol–water partition coefficient (Wildman–Crippen LogP) is 4.07. The highest BCUT2D eigenvalue weighted by atomic mass is 35.5. The lowest BCUT2D eigenvalue weighted by molar-refractivity contribution is -0.137. The Morgan fingerprint density at radius 2 is 1.73 bits per heavy atom. The van der Waals surface area contributed by atoms with Gasteiger partial charge in [-0.2, -0.15) is 0 Å². The molecule has 2 aromatic rings. The average Bonchev–Trinajstić information content (AvgIpc) is 2.51. The van der Waals surface area contributed by atoms with Crippen LogP contribution in [0, 0.1) is 6.92 Å². The molecule has 1 atom stereocenters. The third-order valence-corrected chi connectivity index (χ3v) is 3.64. The molecule has 0 aliphatic carbocycles. The number of benzene rings is 2. The number of aryl methyl sites for hydroxylation is 1. The number of ether oxygens (including phenoxy) is 1. The number of carbonyl (C=O) groups excluding carboxylic acids is 1. The molecule has 0 saturated carbocycles. The smallest absolute Gasteiger partial charge is 0.263 e. The number of rotatable bonds is 5. The Balaban J connectivity index is 1.94. The summed E-state index contributed by atoms with van der Waals surface area (Å²) >= 11 is 5.86. The van der Waals surface area contributed by atoms with Gasteiger partial charge in [-0.25, -0.2) is 0 Å². The van der Waals surface area contributed by atoms with Gasteiger partial charge in [-0.1, -0.05) is 41.4 Å². The zero-order chi connectivity index (χ0) is 16.1. The van der Waals surface area contributed by atoms with E-state index in [2.05, 4.69) is 0 Å². The standard InChI is InChI=1S/C18H20ClNO2/c1-13-4-10-17(11-5-13)22-14(2)18(21)20(3)12-15-6-8-16(19)9-7-15/h4-11,14H,12H2,1-3H3. The van der Waals surface area contributed by atoms with E-state index in [0.717, 1.165) is 11.1 Å². The minimum Gasteiger partial charge on any atom is -0.481 e. The van der Waals surface area contributed by atoms with Gasteiger partial charge in [0, 0.05) is 18.6 Å². The Hall–Kier alpha value is -2.00. The number of nitrogens with zero attached hydrogens (tertiary/aromatic N) is 1. The molecule has 0 heterocycles. The SMILES string of the molecule is Cc1ccc(OC(C)C(=O)N(C)Cc2ccc(Cl)cc2)cc1. The van der Waals surface area contributed by atoms with Crippen molar-refractivity contribution in [2.24, 2.45) is 0 Å². The molecule has 0 fully saturated rings. The second kappa shape index (κ2) is 7.32. The first-order valence-electron chi connectivity index (χ1n) is 7.18. The number of amides is 1. The van der Waals surface area contributed by atoms with E-state index in [1.807, 2.05) is 55.5 Å². The maximum atomic E-state index is 12.4. The third kappa shape index (κ3) is 4.50. The third-order valence-electron chi connectivity index (χ3n) is 3.39. The molecule has 1 amide bonds. The molecular formula is C18H20ClNO2. The normalized spacial score (nSPS) is 11.8. The molecule has 0 aliphatic heterocycles. The van der Waals surface area contributed by atoms with Crippen molar-refractivity contribution in [2.45, 2.75) is 26.5 Å². The highest BCUT2D eigenvalue weighted by Crippen LogP contribution is 2.15. The summed E-state index contributed by atoms with van der Waals surface area (Å²) in [5, 5.41) is 0.689. The molecule has 0 N–H and O–H groups in total. The van der Waals surface area contributed by atoms with Gasteiger partial charge >= 0.3 is 0 Å². The number of likely N-dealkylation sites (N-methyl/N-ethyl adjacent to an activating group) is 1. The van der Waals surface area contributed by atoms with Crippen LogP contribution in [0.4, 0.5) is 0 Å². The first-order valence-corrected chi connectivity index (χ1v) is 7.56. The van der Waals surface area contributed by atoms with E-state index in [1.54, 1.807) is 18.9 Å². The molecule has 0 aromatic heterocycles. The Kier molecular flexibility index (Phi) is 5.45. The summed E-state index contributed by atoms with van der Waals surface area (Å²) in [5.74, 6) is 0.641. The van der Waals surface area contributed by atoms with Crippen molar-refractivity contribution in [2.75, 3.05) is 7.05 Å². The Morgan fingerprint density at radius 3 is 2.32 bits per heavy atom. The second-order valence-corrected chi connectivity index (χ2v) is 5.83. The number of hydrogen-bond donors (Lipinski definition) is 0. The summed E-state index contributed by atoms with van der Waals surface area (Å²) in [6.45, 7) is 4.30. The zero-order valence-electron chi connectivity index (χ0n) is 13.0. The molecule has 2 aromatic carbocycles. The molecule has 3 nitrogen and oxygen atoms in total. The summed E-state index contributed by atoms with van der Waals surface area (Å²) < 4.78 is 5.70. The van der Waals surface area contributed by atoms with E-state index < -0.39 is 6.10 Å². The largest absolute Gasteiger partial charge is 0.481 e. The van der Waals surface area contributed by atoms with Crippen LogP contribution in [-0.4, -0.2) is 24.0 Å². The molecule has 0 radical (unpaired) electrons. The van der Waals surface area contributed by atoms with Crippen LogP contribution in [0.1, 0.15) is 18.1 Å². The van der Waals surface area contributed by atoms with E-state index in [1.165, 1.54) is 0 Å². The van der Waals surface area contributed by atoms with Crippen molar-refractivity contribution in [3.05, 3.63) is 64.7 Å². The molecular weight excluding hydrogens is 298 g/mol. The molecule has 22 heavy (non-hydrogen) atoms. The topological polar surface area (TPSA) is 29.5 Å². The quantitative estimate of drug-likeness (QED) is 0.831. The minimum absolute atomic E-state index is 0.0597. The van der Waals surface area contributed by atoms with E-state index >= 15 is 0 Å². The fourth-order valence-corrected chi connectivity index (χ4v) is 2.25. The van der Waals surface area contributed by atoms with Gasteiger partial charge in [-0.05, 0) is 43.7 Å². The Bertz CT molecular complexity index is 567. The van der Waals surface area contributed by atoms with Crippen molar-refractivity contribution in [1.29, 1.82) is 0 Å². The van der Waals surface area contributed by atoms with Gasteiger partial charge in [-0.15, -0.1) is 0 Å². The predicted molar refractivity (Wildman–Crippen MR) is 89.2 cm³/mol. The molecule has 0 aliphatic rings. The summed E-state index contributed by atoms with van der Waals surface area (Å²) in [6.07, 6.45) is -0.528. The Morgan fingerprint density at radius 1 is 1.14 bits per heavy atom. The first-order chi connectivity index (χ1) is 10.5. The summed E-state index contributed by atoms with van der Waals surface area (Å²) in [7, 11) is 1.77. The van der Waals surface area contributed by atoms with Gasteiger partial charge in [0.25, 0.3) is 5.91 Å². The molecule has 2 rings (SSSR count). The second-order valence-electron chi connectivity index (χ2n) is 5.39. The first kappa shape index (κ1) is 16.4. The van der Waals surface area contributed by atoms with Crippen molar-refractivity contribution in [3.8, 4) is 5.75 Å². The number of carbonyl (C=O) groups is 1. The summed E-state index contributed by atoms with van der Waals surface area (Å²) in [5.41, 5.74) is 2.19. The van der Waals surface area contributed by atoms with E-state index in [0.29, 0.717) is 17.3 Å². The van der Waals surface area contributed by atoms with Crippen molar-refractivity contribution < 1.29 is 9.53 Å². The lowest BCUT2D eigenvalue weighted by atomic mass is 10.2.